The molecule has 0 bridgehead atoms. The van der Waals surface area contributed by atoms with Crippen LogP contribution in [-0.2, 0) is 0 Å². The van der Waals surface area contributed by atoms with E-state index in [1.807, 2.05) is 11.8 Å². The summed E-state index contributed by atoms with van der Waals surface area (Å²) in [6, 6.07) is 0. The van der Waals surface area contributed by atoms with Gasteiger partial charge in [-0.15, -0.1) is 0 Å². The van der Waals surface area contributed by atoms with Crippen LogP contribution in [-0.4, -0.2) is 59.0 Å². The molecule has 2 unspecified atom stereocenters. The Bertz CT molecular complexity index is 256. The minimum atomic E-state index is -0.653. The third kappa shape index (κ3) is 2.65. The zero-order valence-electron chi connectivity index (χ0n) is 10.8. The van der Waals surface area contributed by atoms with Gasteiger partial charge in [0.25, 0.3) is 0 Å². The molecule has 0 aromatic rings. The first-order chi connectivity index (χ1) is 8.12. The number of rotatable bonds is 2. The van der Waals surface area contributed by atoms with Crippen LogP contribution < -0.4 is 0 Å². The van der Waals surface area contributed by atoms with Crippen LogP contribution in [0.5, 0.6) is 0 Å². The number of hydrogen-bond acceptors (Lipinski definition) is 4. The predicted molar refractivity (Wildman–Crippen MR) is 72.4 cm³/mol. The van der Waals surface area contributed by atoms with Gasteiger partial charge >= 0.3 is 0 Å². The van der Waals surface area contributed by atoms with Crippen molar-refractivity contribution in [2.45, 2.75) is 37.7 Å². The quantitative estimate of drug-likeness (QED) is 0.785. The Labute approximate surface area is 109 Å². The van der Waals surface area contributed by atoms with Crippen LogP contribution in [0.3, 0.4) is 0 Å². The van der Waals surface area contributed by atoms with Gasteiger partial charge in [0, 0.05) is 17.7 Å². The molecule has 2 aliphatic rings. The summed E-state index contributed by atoms with van der Waals surface area (Å²) in [7, 11) is 2.12. The van der Waals surface area contributed by atoms with Crippen LogP contribution in [0.15, 0.2) is 0 Å². The van der Waals surface area contributed by atoms with Gasteiger partial charge in [-0.05, 0) is 51.4 Å². The lowest BCUT2D eigenvalue weighted by Crippen LogP contribution is -2.54. The van der Waals surface area contributed by atoms with Crippen molar-refractivity contribution in [3.8, 4) is 0 Å². The van der Waals surface area contributed by atoms with E-state index < -0.39 is 5.60 Å². The Morgan fingerprint density at radius 2 is 2.00 bits per heavy atom. The number of likely N-dealkylation sites (tertiary alicyclic amines) is 1. The molecule has 0 saturated carbocycles. The van der Waals surface area contributed by atoms with E-state index >= 15 is 0 Å². The Balaban J connectivity index is 2.15. The van der Waals surface area contributed by atoms with E-state index in [-0.39, 0.29) is 12.0 Å². The lowest BCUT2D eigenvalue weighted by Gasteiger charge is -2.48. The smallest absolute Gasteiger partial charge is 0.0746 e. The summed E-state index contributed by atoms with van der Waals surface area (Å²) in [6.07, 6.45) is 4.81. The van der Waals surface area contributed by atoms with Gasteiger partial charge in [0.15, 0.2) is 0 Å². The summed E-state index contributed by atoms with van der Waals surface area (Å²) in [5.74, 6) is 2.10. The van der Waals surface area contributed by atoms with Gasteiger partial charge in [0.1, 0.15) is 0 Å². The van der Waals surface area contributed by atoms with Gasteiger partial charge in [0.2, 0.25) is 0 Å². The van der Waals surface area contributed by atoms with Crippen molar-refractivity contribution in [1.82, 2.24) is 4.90 Å². The highest BCUT2D eigenvalue weighted by atomic mass is 32.2. The van der Waals surface area contributed by atoms with E-state index in [4.69, 9.17) is 0 Å². The molecule has 4 heteroatoms. The topological polar surface area (TPSA) is 43.7 Å². The molecule has 0 aliphatic carbocycles. The predicted octanol–water partition coefficient (Wildman–Crippen LogP) is 1.34. The molecule has 2 atom stereocenters. The minimum absolute atomic E-state index is 0.139. The fourth-order valence-corrected chi connectivity index (χ4v) is 4.66. The van der Waals surface area contributed by atoms with Gasteiger partial charge in [-0.3, -0.25) is 0 Å². The van der Waals surface area contributed by atoms with Crippen LogP contribution >= 0.6 is 11.8 Å². The molecule has 0 amide bonds. The highest BCUT2D eigenvalue weighted by Gasteiger charge is 2.50. The molecule has 0 aromatic carbocycles. The van der Waals surface area contributed by atoms with Crippen LogP contribution in [0.4, 0.5) is 0 Å². The number of thioether (sulfide) groups is 1. The second-order valence-electron chi connectivity index (χ2n) is 5.78. The van der Waals surface area contributed by atoms with Crippen LogP contribution in [0.2, 0.25) is 0 Å². The lowest BCUT2D eigenvalue weighted by atomic mass is 9.67. The second kappa shape index (κ2) is 5.47. The van der Waals surface area contributed by atoms with Gasteiger partial charge in [-0.1, -0.05) is 0 Å². The molecular formula is C13H25NO2S. The molecule has 17 heavy (non-hydrogen) atoms. The molecule has 2 heterocycles. The third-order valence-electron chi connectivity index (χ3n) is 4.65. The Morgan fingerprint density at radius 1 is 1.18 bits per heavy atom. The number of hydrogen-bond donors (Lipinski definition) is 2. The average molecular weight is 259 g/mol. The summed E-state index contributed by atoms with van der Waals surface area (Å²) in [6.45, 7) is 2.15. The summed E-state index contributed by atoms with van der Waals surface area (Å²) in [5.41, 5.74) is -0.902. The summed E-state index contributed by atoms with van der Waals surface area (Å²) in [4.78, 5) is 2.29. The summed E-state index contributed by atoms with van der Waals surface area (Å²) >= 11 is 1.89. The van der Waals surface area contributed by atoms with E-state index in [0.717, 1.165) is 50.9 Å². The van der Waals surface area contributed by atoms with E-state index in [1.165, 1.54) is 5.75 Å². The Morgan fingerprint density at radius 3 is 2.65 bits per heavy atom. The normalized spacial score (nSPS) is 41.1. The number of aliphatic hydroxyl groups is 2. The average Bonchev–Trinajstić information content (AvgIpc) is 2.53. The molecule has 2 saturated heterocycles. The van der Waals surface area contributed by atoms with Crippen LogP contribution in [0.25, 0.3) is 0 Å². The highest BCUT2D eigenvalue weighted by Crippen LogP contribution is 2.47. The molecule has 3 nitrogen and oxygen atoms in total. The maximum Gasteiger partial charge on any atom is 0.0746 e. The monoisotopic (exact) mass is 259 g/mol. The minimum Gasteiger partial charge on any atom is -0.396 e. The second-order valence-corrected chi connectivity index (χ2v) is 6.89. The molecule has 0 spiro atoms. The number of nitrogens with zero attached hydrogens (tertiary/aromatic N) is 1. The molecule has 2 N–H and O–H groups in total. The van der Waals surface area contributed by atoms with Crippen molar-refractivity contribution in [3.63, 3.8) is 0 Å². The van der Waals surface area contributed by atoms with Crippen molar-refractivity contribution in [1.29, 1.82) is 0 Å². The van der Waals surface area contributed by atoms with E-state index in [9.17, 15) is 10.2 Å². The lowest BCUT2D eigenvalue weighted by molar-refractivity contribution is -0.111. The first-order valence-electron chi connectivity index (χ1n) is 6.71. The van der Waals surface area contributed by atoms with E-state index in [0.29, 0.717) is 0 Å². The maximum atomic E-state index is 11.0. The number of aliphatic hydroxyl groups excluding tert-OH is 1. The third-order valence-corrected chi connectivity index (χ3v) is 5.98. The fraction of sp³-hybridized carbons (Fsp3) is 1.00. The molecule has 2 rings (SSSR count). The van der Waals surface area contributed by atoms with Gasteiger partial charge in [-0.2, -0.15) is 11.8 Å². The first-order valence-corrected chi connectivity index (χ1v) is 7.87. The van der Waals surface area contributed by atoms with Gasteiger partial charge < -0.3 is 15.1 Å². The van der Waals surface area contributed by atoms with Crippen LogP contribution in [0.1, 0.15) is 32.1 Å². The van der Waals surface area contributed by atoms with Crippen molar-refractivity contribution >= 4 is 11.8 Å². The van der Waals surface area contributed by atoms with E-state index in [2.05, 4.69) is 11.9 Å². The van der Waals surface area contributed by atoms with Crippen LogP contribution in [0, 0.1) is 5.41 Å². The molecule has 2 aliphatic heterocycles. The van der Waals surface area contributed by atoms with Gasteiger partial charge in [0.05, 0.1) is 12.2 Å². The van der Waals surface area contributed by atoms with Crippen molar-refractivity contribution < 1.29 is 10.2 Å². The summed E-state index contributed by atoms with van der Waals surface area (Å²) in [5, 5.41) is 20.9. The Kier molecular flexibility index (Phi) is 4.40. The maximum absolute atomic E-state index is 11.0. The van der Waals surface area contributed by atoms with Gasteiger partial charge in [-0.25, -0.2) is 0 Å². The zero-order valence-corrected chi connectivity index (χ0v) is 11.6. The SMILES string of the molecule is CN1CCCC(O)(C2(CO)CCCSC2)CC1. The van der Waals surface area contributed by atoms with Crippen molar-refractivity contribution in [3.05, 3.63) is 0 Å². The van der Waals surface area contributed by atoms with Crippen molar-refractivity contribution in [2.24, 2.45) is 5.41 Å². The molecule has 2 fully saturated rings. The van der Waals surface area contributed by atoms with E-state index in [1.54, 1.807) is 0 Å². The Hall–Kier alpha value is 0.230. The van der Waals surface area contributed by atoms with Crippen molar-refractivity contribution in [2.75, 3.05) is 38.2 Å². The summed E-state index contributed by atoms with van der Waals surface area (Å²) < 4.78 is 0. The standard InChI is InChI=1S/C13H25NO2S/c1-14-7-2-5-13(16,6-8-14)12(10-15)4-3-9-17-11-12/h15-16H,2-11H2,1H3. The molecule has 0 aromatic heterocycles. The largest absolute Gasteiger partial charge is 0.396 e. The molecule has 0 radical (unpaired) electrons. The zero-order chi connectivity index (χ0) is 12.4. The molecular weight excluding hydrogens is 234 g/mol. The highest BCUT2D eigenvalue weighted by molar-refractivity contribution is 7.99. The first kappa shape index (κ1) is 13.7. The molecule has 100 valence electrons. The fourth-order valence-electron chi connectivity index (χ4n) is 3.28.